The minimum absolute atomic E-state index is 0.258. The SMILES string of the molecule is Nc1cccc(F)c1NC1CCC1. The number of hydrogen-bond acceptors (Lipinski definition) is 2. The second-order valence-corrected chi connectivity index (χ2v) is 3.48. The van der Waals surface area contributed by atoms with Gasteiger partial charge in [0.15, 0.2) is 0 Å². The smallest absolute Gasteiger partial charge is 0.148 e. The lowest BCUT2D eigenvalue weighted by atomic mass is 9.93. The van der Waals surface area contributed by atoms with Crippen molar-refractivity contribution < 1.29 is 4.39 Å². The Morgan fingerprint density at radius 2 is 2.15 bits per heavy atom. The Hall–Kier alpha value is -1.25. The zero-order chi connectivity index (χ0) is 9.26. The number of halogens is 1. The number of anilines is 2. The summed E-state index contributed by atoms with van der Waals surface area (Å²) in [6.45, 7) is 0. The van der Waals surface area contributed by atoms with Gasteiger partial charge in [-0.3, -0.25) is 0 Å². The topological polar surface area (TPSA) is 38.0 Å². The quantitative estimate of drug-likeness (QED) is 0.686. The van der Waals surface area contributed by atoms with Crippen LogP contribution in [0.25, 0.3) is 0 Å². The molecule has 3 N–H and O–H groups in total. The van der Waals surface area contributed by atoms with E-state index in [-0.39, 0.29) is 5.82 Å². The predicted molar refractivity (Wildman–Crippen MR) is 52.1 cm³/mol. The fraction of sp³-hybridized carbons (Fsp3) is 0.400. The van der Waals surface area contributed by atoms with Gasteiger partial charge >= 0.3 is 0 Å². The molecule has 0 saturated heterocycles. The molecule has 0 radical (unpaired) electrons. The summed E-state index contributed by atoms with van der Waals surface area (Å²) in [7, 11) is 0. The van der Waals surface area contributed by atoms with Gasteiger partial charge < -0.3 is 11.1 Å². The van der Waals surface area contributed by atoms with E-state index in [1.807, 2.05) is 0 Å². The van der Waals surface area contributed by atoms with Crippen molar-refractivity contribution in [2.24, 2.45) is 0 Å². The Bertz CT molecular complexity index is 288. The van der Waals surface area contributed by atoms with Crippen LogP contribution in [0.1, 0.15) is 19.3 Å². The molecule has 1 saturated carbocycles. The van der Waals surface area contributed by atoms with E-state index in [2.05, 4.69) is 5.32 Å². The summed E-state index contributed by atoms with van der Waals surface area (Å²) in [5.74, 6) is -0.258. The standard InChI is InChI=1S/C10H13FN2/c11-8-5-2-6-9(12)10(8)13-7-3-1-4-7/h2,5-7,13H,1,3-4,12H2. The second kappa shape index (κ2) is 3.24. The highest BCUT2D eigenvalue weighted by Crippen LogP contribution is 2.28. The number of rotatable bonds is 2. The van der Waals surface area contributed by atoms with Crippen LogP contribution in [0.5, 0.6) is 0 Å². The first-order valence-corrected chi connectivity index (χ1v) is 4.58. The minimum Gasteiger partial charge on any atom is -0.397 e. The second-order valence-electron chi connectivity index (χ2n) is 3.48. The molecule has 3 heteroatoms. The lowest BCUT2D eigenvalue weighted by Gasteiger charge is -2.28. The van der Waals surface area contributed by atoms with Crippen LogP contribution in [0.15, 0.2) is 18.2 Å². The molecule has 1 aromatic carbocycles. The van der Waals surface area contributed by atoms with Gasteiger partial charge in [0.2, 0.25) is 0 Å². The molecule has 2 nitrogen and oxygen atoms in total. The van der Waals surface area contributed by atoms with Crippen LogP contribution in [-0.2, 0) is 0 Å². The molecular weight excluding hydrogens is 167 g/mol. The fourth-order valence-electron chi connectivity index (χ4n) is 1.45. The van der Waals surface area contributed by atoms with Crippen LogP contribution in [0.3, 0.4) is 0 Å². The molecular formula is C10H13FN2. The summed E-state index contributed by atoms with van der Waals surface area (Å²) in [5.41, 5.74) is 6.60. The third-order valence-electron chi connectivity index (χ3n) is 2.50. The molecule has 1 aromatic rings. The molecule has 1 fully saturated rings. The van der Waals surface area contributed by atoms with Gasteiger partial charge in [-0.1, -0.05) is 6.07 Å². The Morgan fingerprint density at radius 1 is 1.38 bits per heavy atom. The van der Waals surface area contributed by atoms with Crippen molar-refractivity contribution in [3.63, 3.8) is 0 Å². The molecule has 0 aromatic heterocycles. The monoisotopic (exact) mass is 180 g/mol. The van der Waals surface area contributed by atoms with Crippen molar-refractivity contribution in [3.05, 3.63) is 24.0 Å². The van der Waals surface area contributed by atoms with Gasteiger partial charge in [0, 0.05) is 6.04 Å². The van der Waals surface area contributed by atoms with Crippen LogP contribution < -0.4 is 11.1 Å². The maximum absolute atomic E-state index is 13.2. The van der Waals surface area contributed by atoms with Gasteiger partial charge in [0.1, 0.15) is 5.82 Å². The maximum atomic E-state index is 13.2. The van der Waals surface area contributed by atoms with E-state index in [9.17, 15) is 4.39 Å². The number of para-hydroxylation sites is 1. The zero-order valence-electron chi connectivity index (χ0n) is 7.39. The van der Waals surface area contributed by atoms with Crippen molar-refractivity contribution in [2.45, 2.75) is 25.3 Å². The molecule has 0 aliphatic heterocycles. The summed E-state index contributed by atoms with van der Waals surface area (Å²) in [4.78, 5) is 0. The van der Waals surface area contributed by atoms with Crippen molar-refractivity contribution in [3.8, 4) is 0 Å². The number of benzene rings is 1. The first kappa shape index (κ1) is 8.35. The van der Waals surface area contributed by atoms with Crippen molar-refractivity contribution in [1.82, 2.24) is 0 Å². The van der Waals surface area contributed by atoms with E-state index < -0.39 is 0 Å². The molecule has 0 heterocycles. The highest BCUT2D eigenvalue weighted by atomic mass is 19.1. The van der Waals surface area contributed by atoms with Gasteiger partial charge in [0.05, 0.1) is 11.4 Å². The highest BCUT2D eigenvalue weighted by molar-refractivity contribution is 5.67. The van der Waals surface area contributed by atoms with Crippen LogP contribution >= 0.6 is 0 Å². The Kier molecular flexibility index (Phi) is 2.08. The van der Waals surface area contributed by atoms with E-state index in [0.29, 0.717) is 17.4 Å². The Balaban J connectivity index is 2.17. The third-order valence-corrected chi connectivity index (χ3v) is 2.50. The van der Waals surface area contributed by atoms with Gasteiger partial charge in [-0.15, -0.1) is 0 Å². The van der Waals surface area contributed by atoms with E-state index in [0.717, 1.165) is 12.8 Å². The predicted octanol–water partition coefficient (Wildman–Crippen LogP) is 2.37. The molecule has 1 aliphatic rings. The fourth-order valence-corrected chi connectivity index (χ4v) is 1.45. The molecule has 0 spiro atoms. The summed E-state index contributed by atoms with van der Waals surface area (Å²) < 4.78 is 13.2. The third kappa shape index (κ3) is 1.59. The summed E-state index contributed by atoms with van der Waals surface area (Å²) in [5, 5.41) is 3.11. The summed E-state index contributed by atoms with van der Waals surface area (Å²) >= 11 is 0. The highest BCUT2D eigenvalue weighted by Gasteiger charge is 2.19. The largest absolute Gasteiger partial charge is 0.397 e. The van der Waals surface area contributed by atoms with Crippen molar-refractivity contribution in [1.29, 1.82) is 0 Å². The van der Waals surface area contributed by atoms with E-state index in [1.54, 1.807) is 12.1 Å². The zero-order valence-corrected chi connectivity index (χ0v) is 7.39. The molecule has 0 amide bonds. The lowest BCUT2D eigenvalue weighted by molar-refractivity contribution is 0.443. The van der Waals surface area contributed by atoms with E-state index >= 15 is 0 Å². The van der Waals surface area contributed by atoms with E-state index in [1.165, 1.54) is 12.5 Å². The molecule has 1 aliphatic carbocycles. The average molecular weight is 180 g/mol. The number of nitrogens with two attached hydrogens (primary N) is 1. The summed E-state index contributed by atoms with van der Waals surface area (Å²) in [6, 6.07) is 5.18. The molecule has 0 bridgehead atoms. The first-order chi connectivity index (χ1) is 6.27. The number of hydrogen-bond donors (Lipinski definition) is 2. The molecule has 13 heavy (non-hydrogen) atoms. The number of nitrogens with one attached hydrogen (secondary N) is 1. The van der Waals surface area contributed by atoms with Gasteiger partial charge in [0.25, 0.3) is 0 Å². The molecule has 0 atom stereocenters. The normalized spacial score (nSPS) is 16.7. The Labute approximate surface area is 76.9 Å². The van der Waals surface area contributed by atoms with Crippen molar-refractivity contribution >= 4 is 11.4 Å². The van der Waals surface area contributed by atoms with Crippen LogP contribution in [-0.4, -0.2) is 6.04 Å². The van der Waals surface area contributed by atoms with Gasteiger partial charge in [-0.25, -0.2) is 4.39 Å². The molecule has 0 unspecified atom stereocenters. The van der Waals surface area contributed by atoms with Crippen LogP contribution in [0.2, 0.25) is 0 Å². The van der Waals surface area contributed by atoms with Crippen molar-refractivity contribution in [2.75, 3.05) is 11.1 Å². The average Bonchev–Trinajstić information content (AvgIpc) is 2.00. The van der Waals surface area contributed by atoms with Gasteiger partial charge in [-0.2, -0.15) is 0 Å². The summed E-state index contributed by atoms with van der Waals surface area (Å²) in [6.07, 6.45) is 3.47. The minimum atomic E-state index is -0.258. The maximum Gasteiger partial charge on any atom is 0.148 e. The lowest BCUT2D eigenvalue weighted by Crippen LogP contribution is -2.27. The Morgan fingerprint density at radius 3 is 2.69 bits per heavy atom. The van der Waals surface area contributed by atoms with Crippen LogP contribution in [0, 0.1) is 5.82 Å². The molecule has 70 valence electrons. The molecule has 2 rings (SSSR count). The van der Waals surface area contributed by atoms with Gasteiger partial charge in [-0.05, 0) is 31.4 Å². The first-order valence-electron chi connectivity index (χ1n) is 4.58. The van der Waals surface area contributed by atoms with Crippen LogP contribution in [0.4, 0.5) is 15.8 Å². The van der Waals surface area contributed by atoms with E-state index in [4.69, 9.17) is 5.73 Å². The number of nitrogen functional groups attached to an aromatic ring is 1.